The molecule has 122 valence electrons. The van der Waals surface area contributed by atoms with Crippen LogP contribution in [0.1, 0.15) is 18.4 Å². The lowest BCUT2D eigenvalue weighted by Crippen LogP contribution is -2.24. The number of anilines is 1. The van der Waals surface area contributed by atoms with Crippen LogP contribution in [0.15, 0.2) is 54.1 Å². The largest absolute Gasteiger partial charge is 0.349 e. The first-order valence-electron chi connectivity index (χ1n) is 7.60. The monoisotopic (exact) mass is 375 g/mol. The van der Waals surface area contributed by atoms with E-state index in [0.717, 1.165) is 23.2 Å². The van der Waals surface area contributed by atoms with Gasteiger partial charge in [0.25, 0.3) is 0 Å². The molecule has 24 heavy (non-hydrogen) atoms. The molecule has 3 rings (SSSR count). The number of halogens is 2. The van der Waals surface area contributed by atoms with Crippen molar-refractivity contribution in [2.24, 2.45) is 5.92 Å². The number of carbonyl (C=O) groups is 1. The van der Waals surface area contributed by atoms with Gasteiger partial charge >= 0.3 is 0 Å². The Hall–Kier alpha value is -1.68. The molecule has 2 nitrogen and oxygen atoms in total. The molecule has 0 heterocycles. The minimum absolute atomic E-state index is 0.0782. The van der Waals surface area contributed by atoms with E-state index in [1.165, 1.54) is 0 Å². The molecule has 1 unspecified atom stereocenters. The molecule has 0 spiro atoms. The normalized spacial score (nSPS) is 18.8. The predicted octanol–water partition coefficient (Wildman–Crippen LogP) is 5.80. The summed E-state index contributed by atoms with van der Waals surface area (Å²) in [6.45, 7) is 0. The number of ketones is 1. The molecule has 1 fully saturated rings. The van der Waals surface area contributed by atoms with E-state index in [-0.39, 0.29) is 11.7 Å². The Balaban J connectivity index is 1.73. The molecule has 1 N–H and O–H groups in total. The highest BCUT2D eigenvalue weighted by Crippen LogP contribution is 2.31. The zero-order valence-corrected chi connectivity index (χ0v) is 15.1. The van der Waals surface area contributed by atoms with Gasteiger partial charge in [-0.3, -0.25) is 4.79 Å². The highest BCUT2D eigenvalue weighted by Gasteiger charge is 2.32. The van der Waals surface area contributed by atoms with Crippen molar-refractivity contribution in [1.29, 1.82) is 0 Å². The first kappa shape index (κ1) is 17.2. The van der Waals surface area contributed by atoms with Gasteiger partial charge in [0.1, 0.15) is 0 Å². The molecule has 1 aliphatic rings. The molecule has 1 aliphatic carbocycles. The van der Waals surface area contributed by atoms with E-state index in [1.54, 1.807) is 12.1 Å². The number of benzene rings is 2. The number of Topliss-reactive ketones (excluding diaryl/α,β-unsaturated/α-hetero) is 1. The zero-order valence-electron chi connectivity index (χ0n) is 12.8. The van der Waals surface area contributed by atoms with Gasteiger partial charge in [0.15, 0.2) is 5.78 Å². The SMILES string of the molecule is O=C1/C(=C/c2ccc(Cl)c(Cl)c2)CCC1C(=S)Nc1ccccc1. The number of hydrogen-bond donors (Lipinski definition) is 1. The Morgan fingerprint density at radius 2 is 1.88 bits per heavy atom. The van der Waals surface area contributed by atoms with Gasteiger partial charge in [0.2, 0.25) is 0 Å². The molecule has 0 saturated heterocycles. The minimum atomic E-state index is -0.269. The fourth-order valence-electron chi connectivity index (χ4n) is 2.73. The van der Waals surface area contributed by atoms with Crippen molar-refractivity contribution in [2.75, 3.05) is 5.32 Å². The highest BCUT2D eigenvalue weighted by atomic mass is 35.5. The van der Waals surface area contributed by atoms with Crippen LogP contribution in [-0.4, -0.2) is 10.8 Å². The molecule has 0 aromatic heterocycles. The number of allylic oxidation sites excluding steroid dienone is 1. The number of para-hydroxylation sites is 1. The Labute approximate surface area is 156 Å². The topological polar surface area (TPSA) is 29.1 Å². The quantitative estimate of drug-likeness (QED) is 0.543. The summed E-state index contributed by atoms with van der Waals surface area (Å²) in [4.78, 5) is 13.2. The second-order valence-electron chi connectivity index (χ2n) is 5.65. The van der Waals surface area contributed by atoms with Crippen LogP contribution in [-0.2, 0) is 4.79 Å². The van der Waals surface area contributed by atoms with Crippen LogP contribution in [0, 0.1) is 5.92 Å². The van der Waals surface area contributed by atoms with E-state index in [0.29, 0.717) is 21.5 Å². The molecule has 1 saturated carbocycles. The summed E-state index contributed by atoms with van der Waals surface area (Å²) in [5.74, 6) is -0.191. The van der Waals surface area contributed by atoms with Gasteiger partial charge in [-0.1, -0.05) is 59.7 Å². The van der Waals surface area contributed by atoms with E-state index >= 15 is 0 Å². The van der Waals surface area contributed by atoms with Crippen LogP contribution in [0.3, 0.4) is 0 Å². The van der Waals surface area contributed by atoms with Gasteiger partial charge in [-0.2, -0.15) is 0 Å². The van der Waals surface area contributed by atoms with Crippen molar-refractivity contribution in [3.8, 4) is 0 Å². The Morgan fingerprint density at radius 1 is 1.12 bits per heavy atom. The van der Waals surface area contributed by atoms with Crippen LogP contribution in [0.4, 0.5) is 5.69 Å². The molecule has 0 bridgehead atoms. The predicted molar refractivity (Wildman–Crippen MR) is 105 cm³/mol. The van der Waals surface area contributed by atoms with Crippen molar-refractivity contribution in [3.63, 3.8) is 0 Å². The molecule has 2 aromatic carbocycles. The summed E-state index contributed by atoms with van der Waals surface area (Å²) in [5, 5.41) is 4.14. The van der Waals surface area contributed by atoms with Gasteiger partial charge in [-0.25, -0.2) is 0 Å². The smallest absolute Gasteiger partial charge is 0.168 e. The number of rotatable bonds is 3. The third-order valence-corrected chi connectivity index (χ3v) is 5.10. The van der Waals surface area contributed by atoms with Crippen molar-refractivity contribution in [2.45, 2.75) is 12.8 Å². The summed E-state index contributed by atoms with van der Waals surface area (Å²) in [5.41, 5.74) is 2.54. The van der Waals surface area contributed by atoms with Crippen LogP contribution in [0.25, 0.3) is 6.08 Å². The third-order valence-electron chi connectivity index (χ3n) is 3.98. The molecule has 0 aliphatic heterocycles. The van der Waals surface area contributed by atoms with Gasteiger partial charge in [-0.15, -0.1) is 0 Å². The fraction of sp³-hybridized carbons (Fsp3) is 0.158. The number of nitrogens with one attached hydrogen (secondary N) is 1. The number of thiocarbonyl (C=S) groups is 1. The second-order valence-corrected chi connectivity index (χ2v) is 6.91. The lowest BCUT2D eigenvalue weighted by atomic mass is 10.0. The van der Waals surface area contributed by atoms with Crippen LogP contribution >= 0.6 is 35.4 Å². The Bertz CT molecular complexity index is 817. The fourth-order valence-corrected chi connectivity index (χ4v) is 3.37. The van der Waals surface area contributed by atoms with E-state index < -0.39 is 0 Å². The number of carbonyl (C=O) groups excluding carboxylic acids is 1. The van der Waals surface area contributed by atoms with E-state index in [1.807, 2.05) is 42.5 Å². The highest BCUT2D eigenvalue weighted by molar-refractivity contribution is 7.80. The van der Waals surface area contributed by atoms with Gasteiger partial charge in [0.05, 0.1) is 21.0 Å². The van der Waals surface area contributed by atoms with Gasteiger partial charge in [-0.05, 0) is 54.3 Å². The van der Waals surface area contributed by atoms with Crippen molar-refractivity contribution >= 4 is 58.0 Å². The molecule has 0 amide bonds. The molecule has 2 aromatic rings. The molecule has 5 heteroatoms. The Kier molecular flexibility index (Phi) is 5.34. The average Bonchev–Trinajstić information content (AvgIpc) is 2.93. The molecular formula is C19H15Cl2NOS. The van der Waals surface area contributed by atoms with Gasteiger partial charge in [0, 0.05) is 5.69 Å². The summed E-state index contributed by atoms with van der Waals surface area (Å²) in [6, 6.07) is 15.0. The standard InChI is InChI=1S/C19H15Cl2NOS/c20-16-9-6-12(11-17(16)21)10-13-7-8-15(18(13)23)19(24)22-14-4-2-1-3-5-14/h1-6,9-11,15H,7-8H2,(H,22,24)/b13-10+. The molecular weight excluding hydrogens is 361 g/mol. The zero-order chi connectivity index (χ0) is 17.1. The van der Waals surface area contributed by atoms with E-state index in [2.05, 4.69) is 5.32 Å². The maximum atomic E-state index is 12.6. The van der Waals surface area contributed by atoms with Crippen LogP contribution in [0.2, 0.25) is 10.0 Å². The third kappa shape index (κ3) is 3.86. The Morgan fingerprint density at radius 3 is 2.58 bits per heavy atom. The lowest BCUT2D eigenvalue weighted by Gasteiger charge is -2.12. The number of hydrogen-bond acceptors (Lipinski definition) is 2. The average molecular weight is 376 g/mol. The van der Waals surface area contributed by atoms with Crippen LogP contribution < -0.4 is 5.32 Å². The summed E-state index contributed by atoms with van der Waals surface area (Å²) in [7, 11) is 0. The second kappa shape index (κ2) is 7.47. The summed E-state index contributed by atoms with van der Waals surface area (Å²) < 4.78 is 0. The first-order chi connectivity index (χ1) is 11.5. The van der Waals surface area contributed by atoms with Crippen molar-refractivity contribution in [3.05, 3.63) is 69.7 Å². The minimum Gasteiger partial charge on any atom is -0.349 e. The summed E-state index contributed by atoms with van der Waals surface area (Å²) >= 11 is 17.4. The molecule has 0 radical (unpaired) electrons. The lowest BCUT2D eigenvalue weighted by molar-refractivity contribution is -0.116. The van der Waals surface area contributed by atoms with Crippen LogP contribution in [0.5, 0.6) is 0 Å². The molecule has 1 atom stereocenters. The van der Waals surface area contributed by atoms with E-state index in [9.17, 15) is 4.79 Å². The summed E-state index contributed by atoms with van der Waals surface area (Å²) in [6.07, 6.45) is 3.31. The van der Waals surface area contributed by atoms with Crippen molar-refractivity contribution < 1.29 is 4.79 Å². The van der Waals surface area contributed by atoms with Gasteiger partial charge < -0.3 is 5.32 Å². The van der Waals surface area contributed by atoms with Crippen molar-refractivity contribution in [1.82, 2.24) is 0 Å². The van der Waals surface area contributed by atoms with E-state index in [4.69, 9.17) is 35.4 Å². The first-order valence-corrected chi connectivity index (χ1v) is 8.77. The maximum absolute atomic E-state index is 12.6. The maximum Gasteiger partial charge on any atom is 0.168 e.